The normalized spacial score (nSPS) is 17.8. The quantitative estimate of drug-likeness (QED) is 0.210. The van der Waals surface area contributed by atoms with Gasteiger partial charge in [0.2, 0.25) is 0 Å². The molecule has 0 aromatic heterocycles. The van der Waals surface area contributed by atoms with Gasteiger partial charge in [-0.15, -0.1) is 0 Å². The summed E-state index contributed by atoms with van der Waals surface area (Å²) in [5.74, 6) is -4.78. The van der Waals surface area contributed by atoms with Crippen LogP contribution in [-0.4, -0.2) is 0 Å². The molecule has 1 nitrogen and oxygen atoms in total. The minimum atomic E-state index is -1.57. The van der Waals surface area contributed by atoms with E-state index >= 15 is 4.39 Å². The number of para-hydroxylation sites is 1. The molecule has 1 fully saturated rings. The smallest absolute Gasteiger partial charge is 0.194 e. The fourth-order valence-electron chi connectivity index (χ4n) is 5.09. The predicted molar refractivity (Wildman–Crippen MR) is 130 cm³/mol. The Bertz CT molecular complexity index is 1160. The van der Waals surface area contributed by atoms with E-state index in [0.29, 0.717) is 12.3 Å². The zero-order valence-corrected chi connectivity index (χ0v) is 20.4. The van der Waals surface area contributed by atoms with Crippen LogP contribution in [0.25, 0.3) is 11.1 Å². The lowest BCUT2D eigenvalue weighted by atomic mass is 9.78. The highest BCUT2D eigenvalue weighted by atomic mass is 19.2. The van der Waals surface area contributed by atoms with Gasteiger partial charge in [0.25, 0.3) is 0 Å². The molecule has 0 saturated heterocycles. The second-order valence-corrected chi connectivity index (χ2v) is 9.68. The van der Waals surface area contributed by atoms with E-state index < -0.39 is 29.1 Å². The standard InChI is InChI=1S/C30H30F5O/c1-2-3-6-19-9-11-20(12-10-19)13-14-23-24(31)15-16-28(29(23)34)36-27-8-5-4-7-22(27)21-17-25(32)30(35)26(33)18-21/h4-5,7-8,15,17-20H,2-3,6,9-14H2,1H3/t19-,20-. The van der Waals surface area contributed by atoms with E-state index in [-0.39, 0.29) is 34.6 Å². The van der Waals surface area contributed by atoms with Crippen molar-refractivity contribution in [3.05, 3.63) is 83.2 Å². The number of ether oxygens (including phenoxy) is 1. The van der Waals surface area contributed by atoms with E-state index in [0.717, 1.165) is 37.0 Å². The minimum absolute atomic E-state index is 0.0271. The maximum absolute atomic E-state index is 15.3. The third-order valence-electron chi connectivity index (χ3n) is 7.21. The SMILES string of the molecule is CCCC[C@H]1CC[C@H](CCc2c(F)c[c]c(Oc3ccccc3-c3cc(F)c(F)c(F)c3)c2F)CC1. The van der Waals surface area contributed by atoms with E-state index in [9.17, 15) is 17.6 Å². The average molecular weight is 502 g/mol. The Labute approximate surface area is 209 Å². The first kappa shape index (κ1) is 26.2. The van der Waals surface area contributed by atoms with Crippen LogP contribution >= 0.6 is 0 Å². The van der Waals surface area contributed by atoms with Gasteiger partial charge in [-0.3, -0.25) is 0 Å². The zero-order chi connectivity index (χ0) is 25.7. The molecule has 0 bridgehead atoms. The van der Waals surface area contributed by atoms with Gasteiger partial charge in [0.1, 0.15) is 11.6 Å². The van der Waals surface area contributed by atoms with Gasteiger partial charge in [0.05, 0.1) is 0 Å². The second kappa shape index (κ2) is 11.9. The molecular weight excluding hydrogens is 471 g/mol. The van der Waals surface area contributed by atoms with E-state index in [2.05, 4.69) is 13.0 Å². The topological polar surface area (TPSA) is 9.23 Å². The van der Waals surface area contributed by atoms with Crippen LogP contribution in [0.5, 0.6) is 11.5 Å². The van der Waals surface area contributed by atoms with Crippen molar-refractivity contribution in [1.29, 1.82) is 0 Å². The molecule has 4 rings (SSSR count). The molecule has 1 aliphatic rings. The molecule has 191 valence electrons. The van der Waals surface area contributed by atoms with Gasteiger partial charge >= 0.3 is 0 Å². The van der Waals surface area contributed by atoms with Gasteiger partial charge in [-0.05, 0) is 54.5 Å². The highest BCUT2D eigenvalue weighted by molar-refractivity contribution is 5.71. The van der Waals surface area contributed by atoms with Crippen molar-refractivity contribution < 1.29 is 26.7 Å². The number of rotatable bonds is 9. The van der Waals surface area contributed by atoms with Gasteiger partial charge < -0.3 is 4.74 Å². The highest BCUT2D eigenvalue weighted by Gasteiger charge is 2.23. The molecule has 0 N–H and O–H groups in total. The van der Waals surface area contributed by atoms with Crippen molar-refractivity contribution in [2.45, 2.75) is 64.7 Å². The van der Waals surface area contributed by atoms with Gasteiger partial charge in [-0.25, -0.2) is 22.0 Å². The van der Waals surface area contributed by atoms with Crippen LogP contribution in [-0.2, 0) is 6.42 Å². The fourth-order valence-corrected chi connectivity index (χ4v) is 5.09. The number of unbranched alkanes of at least 4 members (excludes halogenated alkanes) is 1. The Kier molecular flexibility index (Phi) is 8.65. The first-order chi connectivity index (χ1) is 17.4. The molecule has 6 heteroatoms. The van der Waals surface area contributed by atoms with Crippen LogP contribution in [0.1, 0.15) is 63.9 Å². The molecule has 36 heavy (non-hydrogen) atoms. The van der Waals surface area contributed by atoms with Crippen molar-refractivity contribution in [3.63, 3.8) is 0 Å². The largest absolute Gasteiger partial charge is 0.453 e. The molecule has 0 unspecified atom stereocenters. The van der Waals surface area contributed by atoms with Crippen LogP contribution in [0.3, 0.4) is 0 Å². The number of hydrogen-bond acceptors (Lipinski definition) is 1. The molecule has 0 spiro atoms. The van der Waals surface area contributed by atoms with Crippen LogP contribution in [0, 0.1) is 47.0 Å². The van der Waals surface area contributed by atoms with Gasteiger partial charge in [0, 0.05) is 17.2 Å². The Hall–Kier alpha value is -2.89. The fraction of sp³-hybridized carbons (Fsp3) is 0.400. The Morgan fingerprint density at radius 1 is 0.833 bits per heavy atom. The van der Waals surface area contributed by atoms with Crippen LogP contribution in [0.15, 0.2) is 42.5 Å². The van der Waals surface area contributed by atoms with E-state index in [1.165, 1.54) is 44.2 Å². The number of benzene rings is 3. The third-order valence-corrected chi connectivity index (χ3v) is 7.21. The summed E-state index contributed by atoms with van der Waals surface area (Å²) in [6.07, 6.45) is 9.18. The molecule has 0 heterocycles. The number of hydrogen-bond donors (Lipinski definition) is 0. The summed E-state index contributed by atoms with van der Waals surface area (Å²) in [5.41, 5.74) is 0.210. The van der Waals surface area contributed by atoms with Gasteiger partial charge in [-0.2, -0.15) is 0 Å². The van der Waals surface area contributed by atoms with Crippen molar-refractivity contribution >= 4 is 0 Å². The maximum atomic E-state index is 15.3. The van der Waals surface area contributed by atoms with E-state index in [4.69, 9.17) is 4.74 Å². The number of halogens is 5. The molecular formula is C30H30F5O. The first-order valence-electron chi connectivity index (χ1n) is 12.7. The first-order valence-corrected chi connectivity index (χ1v) is 12.7. The van der Waals surface area contributed by atoms with E-state index in [1.54, 1.807) is 12.1 Å². The summed E-state index contributed by atoms with van der Waals surface area (Å²) in [5, 5.41) is 0. The Morgan fingerprint density at radius 2 is 1.47 bits per heavy atom. The summed E-state index contributed by atoms with van der Waals surface area (Å²) in [4.78, 5) is 0. The van der Waals surface area contributed by atoms with Crippen LogP contribution < -0.4 is 4.74 Å². The van der Waals surface area contributed by atoms with Crippen molar-refractivity contribution in [2.75, 3.05) is 0 Å². The summed E-state index contributed by atoms with van der Waals surface area (Å²) in [6.45, 7) is 2.20. The second-order valence-electron chi connectivity index (χ2n) is 9.68. The van der Waals surface area contributed by atoms with Crippen LogP contribution in [0.4, 0.5) is 22.0 Å². The molecule has 1 radical (unpaired) electrons. The average Bonchev–Trinajstić information content (AvgIpc) is 2.88. The monoisotopic (exact) mass is 501 g/mol. The van der Waals surface area contributed by atoms with Crippen LogP contribution in [0.2, 0.25) is 0 Å². The molecule has 3 aromatic rings. The lowest BCUT2D eigenvalue weighted by molar-refractivity contribution is 0.249. The zero-order valence-electron chi connectivity index (χ0n) is 20.4. The highest BCUT2D eigenvalue weighted by Crippen LogP contribution is 2.38. The molecule has 0 aliphatic heterocycles. The maximum Gasteiger partial charge on any atom is 0.194 e. The summed E-state index contributed by atoms with van der Waals surface area (Å²) >= 11 is 0. The van der Waals surface area contributed by atoms with Crippen molar-refractivity contribution in [3.8, 4) is 22.6 Å². The minimum Gasteiger partial charge on any atom is -0.453 e. The lowest BCUT2D eigenvalue weighted by Gasteiger charge is -2.28. The molecule has 0 atom stereocenters. The molecule has 1 saturated carbocycles. The van der Waals surface area contributed by atoms with Crippen molar-refractivity contribution in [2.24, 2.45) is 11.8 Å². The molecule has 1 aliphatic carbocycles. The predicted octanol–water partition coefficient (Wildman–Crippen LogP) is 9.57. The molecule has 0 amide bonds. The van der Waals surface area contributed by atoms with Gasteiger partial charge in [0.15, 0.2) is 29.0 Å². The summed E-state index contributed by atoms with van der Waals surface area (Å²) in [6, 6.07) is 11.4. The Balaban J connectivity index is 1.49. The van der Waals surface area contributed by atoms with Crippen molar-refractivity contribution in [1.82, 2.24) is 0 Å². The van der Waals surface area contributed by atoms with E-state index in [1.807, 2.05) is 0 Å². The lowest BCUT2D eigenvalue weighted by Crippen LogP contribution is -2.15. The summed E-state index contributed by atoms with van der Waals surface area (Å²) in [7, 11) is 0. The van der Waals surface area contributed by atoms with Gasteiger partial charge in [-0.1, -0.05) is 70.1 Å². The third kappa shape index (κ3) is 6.08. The summed E-state index contributed by atoms with van der Waals surface area (Å²) < 4.78 is 76.6. The molecule has 3 aromatic carbocycles. The Morgan fingerprint density at radius 3 is 2.14 bits per heavy atom.